The zero-order chi connectivity index (χ0) is 32.1. The van der Waals surface area contributed by atoms with Gasteiger partial charge in [0.1, 0.15) is 47.6 Å². The minimum absolute atomic E-state index is 0.0170. The molecule has 4 atom stereocenters. The van der Waals surface area contributed by atoms with E-state index in [1.165, 1.54) is 12.1 Å². The summed E-state index contributed by atoms with van der Waals surface area (Å²) < 4.78 is 59.4. The van der Waals surface area contributed by atoms with Crippen molar-refractivity contribution in [3.8, 4) is 29.0 Å². The molecule has 8 rings (SSSR count). The molecular weight excluding hydrogens is 637 g/mol. The summed E-state index contributed by atoms with van der Waals surface area (Å²) in [7, 11) is 0. The first-order chi connectivity index (χ1) is 22.2. The molecule has 46 heavy (non-hydrogen) atoms. The Bertz CT molecular complexity index is 2050. The van der Waals surface area contributed by atoms with Crippen LogP contribution in [0.3, 0.4) is 0 Å². The van der Waals surface area contributed by atoms with Gasteiger partial charge in [0, 0.05) is 23.9 Å². The van der Waals surface area contributed by atoms with Crippen LogP contribution in [0.2, 0.25) is 5.02 Å². The standard InChI is InChI=1S/C33H28ClF3N6O2S/c1-3-16-13-44-28-24-27(26(37)23(25(28)34)17-5-6-19(35)29-22(17)18(11-38)30(39)46-29)40-32(41-31(24)43(16)21-9-20(21)36)45-14-33-7-4-8-42(33)12-15(2)10-33/h3,5-6,16,20-21H,1-2,4,7-10,12-14,39H2/t16-,20?,21?,33+/m1/s1. The average Bonchev–Trinajstić information content (AvgIpc) is 3.34. The monoisotopic (exact) mass is 664 g/mol. The molecule has 0 radical (unpaired) electrons. The molecule has 3 aliphatic heterocycles. The summed E-state index contributed by atoms with van der Waals surface area (Å²) in [5, 5.41) is 10.2. The molecule has 5 heterocycles. The zero-order valence-electron chi connectivity index (χ0n) is 24.6. The van der Waals surface area contributed by atoms with Gasteiger partial charge in [-0.3, -0.25) is 4.90 Å². The molecular formula is C33H28ClF3N6O2S. The lowest BCUT2D eigenvalue weighted by molar-refractivity contribution is 0.108. The maximum absolute atomic E-state index is 17.1. The lowest BCUT2D eigenvalue weighted by Gasteiger charge is -2.31. The molecule has 2 aromatic heterocycles. The van der Waals surface area contributed by atoms with Gasteiger partial charge in [0.05, 0.1) is 38.3 Å². The summed E-state index contributed by atoms with van der Waals surface area (Å²) in [5.74, 6) is -1.13. The molecule has 2 unspecified atom stereocenters. The second kappa shape index (κ2) is 10.5. The molecule has 1 aliphatic carbocycles. The van der Waals surface area contributed by atoms with E-state index in [4.69, 9.17) is 31.8 Å². The molecule has 1 saturated carbocycles. The molecule has 3 fully saturated rings. The smallest absolute Gasteiger partial charge is 0.319 e. The average molecular weight is 665 g/mol. The minimum Gasteiger partial charge on any atom is -0.489 e. The number of fused-ring (bicyclic) bond motifs is 2. The lowest BCUT2D eigenvalue weighted by Crippen LogP contribution is -2.43. The highest BCUT2D eigenvalue weighted by molar-refractivity contribution is 7.23. The van der Waals surface area contributed by atoms with Gasteiger partial charge < -0.3 is 20.1 Å². The van der Waals surface area contributed by atoms with Gasteiger partial charge in [-0.25, -0.2) is 13.2 Å². The van der Waals surface area contributed by atoms with Crippen LogP contribution in [0.4, 0.5) is 24.0 Å². The van der Waals surface area contributed by atoms with Crippen molar-refractivity contribution in [1.29, 1.82) is 5.26 Å². The summed E-state index contributed by atoms with van der Waals surface area (Å²) >= 11 is 7.88. The summed E-state index contributed by atoms with van der Waals surface area (Å²) in [6.45, 7) is 10.1. The van der Waals surface area contributed by atoms with Crippen molar-refractivity contribution < 1.29 is 22.6 Å². The third-order valence-corrected chi connectivity index (χ3v) is 11.0. The third-order valence-electron chi connectivity index (χ3n) is 9.66. The quantitative estimate of drug-likeness (QED) is 0.222. The molecule has 2 N–H and O–H groups in total. The van der Waals surface area contributed by atoms with Gasteiger partial charge >= 0.3 is 6.01 Å². The Morgan fingerprint density at radius 3 is 2.85 bits per heavy atom. The minimum atomic E-state index is -1.12. The van der Waals surface area contributed by atoms with Crippen LogP contribution in [-0.4, -0.2) is 65.0 Å². The fourth-order valence-corrected chi connectivity index (χ4v) is 8.73. The second-order valence-electron chi connectivity index (χ2n) is 12.4. The summed E-state index contributed by atoms with van der Waals surface area (Å²) in [5.41, 5.74) is 6.84. The van der Waals surface area contributed by atoms with Crippen LogP contribution in [0.15, 0.2) is 36.9 Å². The van der Waals surface area contributed by atoms with Crippen LogP contribution in [-0.2, 0) is 0 Å². The molecule has 0 bridgehead atoms. The number of nitrogens with zero attached hydrogens (tertiary/aromatic N) is 5. The third kappa shape index (κ3) is 4.21. The Hall–Kier alpha value is -4.05. The second-order valence-corrected chi connectivity index (χ2v) is 13.9. The Kier molecular flexibility index (Phi) is 6.69. The molecule has 4 aromatic rings. The van der Waals surface area contributed by atoms with Crippen LogP contribution in [0.25, 0.3) is 32.1 Å². The number of aromatic nitrogens is 2. The molecule has 13 heteroatoms. The Labute approximate surface area is 271 Å². The van der Waals surface area contributed by atoms with Crippen LogP contribution in [0, 0.1) is 23.0 Å². The van der Waals surface area contributed by atoms with E-state index in [0.717, 1.165) is 49.3 Å². The number of anilines is 2. The van der Waals surface area contributed by atoms with Gasteiger partial charge in [-0.2, -0.15) is 15.2 Å². The fraction of sp³-hybridized carbons (Fsp3) is 0.364. The van der Waals surface area contributed by atoms with Crippen molar-refractivity contribution in [3.63, 3.8) is 0 Å². The van der Waals surface area contributed by atoms with E-state index in [-0.39, 0.29) is 90.5 Å². The zero-order valence-corrected chi connectivity index (χ0v) is 26.2. The van der Waals surface area contributed by atoms with Crippen molar-refractivity contribution in [1.82, 2.24) is 14.9 Å². The van der Waals surface area contributed by atoms with E-state index in [0.29, 0.717) is 0 Å². The van der Waals surface area contributed by atoms with Crippen molar-refractivity contribution in [3.05, 3.63) is 59.2 Å². The molecule has 8 nitrogen and oxygen atoms in total. The molecule has 0 amide bonds. The number of alkyl halides is 1. The molecule has 0 spiro atoms. The molecule has 2 aromatic carbocycles. The van der Waals surface area contributed by atoms with Crippen molar-refractivity contribution in [2.75, 3.05) is 36.9 Å². The number of nitriles is 1. The number of nitrogen functional groups attached to an aromatic ring is 1. The van der Waals surface area contributed by atoms with Crippen LogP contribution >= 0.6 is 22.9 Å². The van der Waals surface area contributed by atoms with Gasteiger partial charge in [0.25, 0.3) is 0 Å². The van der Waals surface area contributed by atoms with Gasteiger partial charge in [0.15, 0.2) is 11.6 Å². The number of halogens is 4. The number of ether oxygens (including phenoxy) is 2. The summed E-state index contributed by atoms with van der Waals surface area (Å²) in [6.07, 6.45) is 3.50. The van der Waals surface area contributed by atoms with Gasteiger partial charge in [-0.15, -0.1) is 17.9 Å². The summed E-state index contributed by atoms with van der Waals surface area (Å²) in [4.78, 5) is 13.4. The number of nitrogens with two attached hydrogens (primary N) is 1. The number of hydrogen-bond donors (Lipinski definition) is 1. The molecule has 2 saturated heterocycles. The number of benzene rings is 2. The first-order valence-electron chi connectivity index (χ1n) is 15.0. The van der Waals surface area contributed by atoms with Crippen LogP contribution in [0.5, 0.6) is 11.8 Å². The Morgan fingerprint density at radius 2 is 2.11 bits per heavy atom. The topological polar surface area (TPSA) is 101 Å². The van der Waals surface area contributed by atoms with Crippen LogP contribution in [0.1, 0.15) is 31.2 Å². The predicted octanol–water partition coefficient (Wildman–Crippen LogP) is 6.93. The highest BCUT2D eigenvalue weighted by Crippen LogP contribution is 2.52. The number of hydrogen-bond acceptors (Lipinski definition) is 9. The molecule has 236 valence electrons. The Balaban J connectivity index is 1.37. The maximum atomic E-state index is 17.1. The first-order valence-corrected chi connectivity index (χ1v) is 16.2. The normalized spacial score (nSPS) is 25.4. The first kappa shape index (κ1) is 29.4. The van der Waals surface area contributed by atoms with Crippen molar-refractivity contribution in [2.24, 2.45) is 0 Å². The van der Waals surface area contributed by atoms with Crippen molar-refractivity contribution in [2.45, 2.75) is 49.5 Å². The van der Waals surface area contributed by atoms with Gasteiger partial charge in [0.2, 0.25) is 0 Å². The van der Waals surface area contributed by atoms with E-state index < -0.39 is 29.9 Å². The molecule has 4 aliphatic rings. The largest absolute Gasteiger partial charge is 0.489 e. The van der Waals surface area contributed by atoms with Gasteiger partial charge in [-0.1, -0.05) is 35.9 Å². The number of rotatable bonds is 6. The van der Waals surface area contributed by atoms with E-state index >= 15 is 4.39 Å². The van der Waals surface area contributed by atoms with E-state index in [1.807, 2.05) is 6.07 Å². The summed E-state index contributed by atoms with van der Waals surface area (Å²) in [6, 6.07) is 3.43. The lowest BCUT2D eigenvalue weighted by atomic mass is 9.94. The van der Waals surface area contributed by atoms with E-state index in [1.54, 1.807) is 11.0 Å². The highest BCUT2D eigenvalue weighted by atomic mass is 35.5. The fourth-order valence-electron chi connectivity index (χ4n) is 7.44. The van der Waals surface area contributed by atoms with E-state index in [2.05, 4.69) is 23.0 Å². The van der Waals surface area contributed by atoms with Crippen molar-refractivity contribution >= 4 is 54.7 Å². The maximum Gasteiger partial charge on any atom is 0.319 e. The van der Waals surface area contributed by atoms with E-state index in [9.17, 15) is 14.0 Å². The Morgan fingerprint density at radius 1 is 1.30 bits per heavy atom. The number of thiophene rings is 1. The SMILES string of the molecule is C=C[C@@H]1COc2c(Cl)c(-c3ccc(F)c4sc(N)c(C#N)c34)c(F)c3nc(OC[C@@]45CCCN4CC(=C)C5)nc(c23)N1C1CC1F. The van der Waals surface area contributed by atoms with Crippen LogP contribution < -0.4 is 20.1 Å². The predicted molar refractivity (Wildman–Crippen MR) is 172 cm³/mol. The van der Waals surface area contributed by atoms with Gasteiger partial charge in [-0.05, 0) is 37.4 Å². The highest BCUT2D eigenvalue weighted by Gasteiger charge is 2.49.